The highest BCUT2D eigenvalue weighted by molar-refractivity contribution is 6.06. The third-order valence-corrected chi connectivity index (χ3v) is 6.80. The molecule has 0 N–H and O–H groups in total. The molecule has 0 spiro atoms. The van der Waals surface area contributed by atoms with Crippen molar-refractivity contribution in [3.63, 3.8) is 0 Å². The van der Waals surface area contributed by atoms with Gasteiger partial charge in [-0.3, -0.25) is 14.5 Å². The Morgan fingerprint density at radius 1 is 0.676 bits per heavy atom. The van der Waals surface area contributed by atoms with E-state index in [9.17, 15) is 9.59 Å². The first-order chi connectivity index (χ1) is 16.7. The van der Waals surface area contributed by atoms with Crippen molar-refractivity contribution in [2.75, 3.05) is 20.3 Å². The van der Waals surface area contributed by atoms with Gasteiger partial charge in [-0.15, -0.1) is 0 Å². The Hall–Kier alpha value is -3.86. The summed E-state index contributed by atoms with van der Waals surface area (Å²) in [5, 5.41) is 0. The number of methoxy groups -OCH3 is 1. The zero-order chi connectivity index (χ0) is 23.5. The van der Waals surface area contributed by atoms with Crippen LogP contribution in [0.25, 0.3) is 0 Å². The van der Waals surface area contributed by atoms with Gasteiger partial charge in [0, 0.05) is 11.8 Å². The van der Waals surface area contributed by atoms with Gasteiger partial charge in [0.15, 0.2) is 0 Å². The SMILES string of the molecule is COc1ccc(OCCN2C(=O)[C@@H]3[C@H](C2=O)[C@H](c2ccccc2)C=C[C@H]3c2ccccc2)cc1. The Morgan fingerprint density at radius 3 is 1.62 bits per heavy atom. The van der Waals surface area contributed by atoms with Crippen molar-refractivity contribution in [2.24, 2.45) is 11.8 Å². The maximum absolute atomic E-state index is 13.6. The number of carbonyl (C=O) groups excluding carboxylic acids is 2. The highest BCUT2D eigenvalue weighted by Crippen LogP contribution is 2.49. The summed E-state index contributed by atoms with van der Waals surface area (Å²) < 4.78 is 11.0. The first-order valence-corrected chi connectivity index (χ1v) is 11.6. The van der Waals surface area contributed by atoms with E-state index >= 15 is 0 Å². The molecule has 1 saturated heterocycles. The van der Waals surface area contributed by atoms with Crippen molar-refractivity contribution in [3.05, 3.63) is 108 Å². The molecule has 0 unspecified atom stereocenters. The fraction of sp³-hybridized carbons (Fsp3) is 0.241. The average Bonchev–Trinajstić information content (AvgIpc) is 3.15. The fourth-order valence-corrected chi connectivity index (χ4v) is 5.14. The normalized spacial score (nSPS) is 23.6. The number of rotatable bonds is 7. The number of likely N-dealkylation sites (tertiary alicyclic amines) is 1. The molecule has 1 aliphatic carbocycles. The summed E-state index contributed by atoms with van der Waals surface area (Å²) in [5.74, 6) is 0.0680. The van der Waals surface area contributed by atoms with Crippen LogP contribution in [0.15, 0.2) is 97.1 Å². The lowest BCUT2D eigenvalue weighted by Crippen LogP contribution is -2.35. The molecule has 1 fully saturated rings. The molecular weight excluding hydrogens is 426 g/mol. The van der Waals surface area contributed by atoms with E-state index in [-0.39, 0.29) is 36.8 Å². The molecule has 1 heterocycles. The van der Waals surface area contributed by atoms with Gasteiger partial charge in [0.1, 0.15) is 18.1 Å². The Kier molecular flexibility index (Phi) is 6.17. The second kappa shape index (κ2) is 9.56. The molecule has 1 aliphatic heterocycles. The van der Waals surface area contributed by atoms with Crippen molar-refractivity contribution >= 4 is 11.8 Å². The molecule has 5 nitrogen and oxygen atoms in total. The number of nitrogens with zero attached hydrogens (tertiary/aromatic N) is 1. The van der Waals surface area contributed by atoms with Gasteiger partial charge in [-0.1, -0.05) is 72.8 Å². The average molecular weight is 454 g/mol. The van der Waals surface area contributed by atoms with Crippen molar-refractivity contribution in [3.8, 4) is 11.5 Å². The molecule has 3 aromatic rings. The number of benzene rings is 3. The topological polar surface area (TPSA) is 55.8 Å². The number of allylic oxidation sites excluding steroid dienone is 2. The minimum atomic E-state index is -0.425. The molecule has 0 aromatic heterocycles. The van der Waals surface area contributed by atoms with E-state index in [0.29, 0.717) is 5.75 Å². The van der Waals surface area contributed by atoms with Crippen LogP contribution >= 0.6 is 0 Å². The summed E-state index contributed by atoms with van der Waals surface area (Å²) in [6.45, 7) is 0.461. The number of fused-ring (bicyclic) bond motifs is 1. The van der Waals surface area contributed by atoms with Crippen LogP contribution < -0.4 is 9.47 Å². The van der Waals surface area contributed by atoms with Crippen LogP contribution in [0.4, 0.5) is 0 Å². The van der Waals surface area contributed by atoms with Gasteiger partial charge in [0.05, 0.1) is 25.5 Å². The van der Waals surface area contributed by atoms with E-state index in [0.717, 1.165) is 16.9 Å². The van der Waals surface area contributed by atoms with E-state index in [1.807, 2.05) is 84.9 Å². The maximum Gasteiger partial charge on any atom is 0.234 e. The third-order valence-electron chi connectivity index (χ3n) is 6.80. The van der Waals surface area contributed by atoms with Crippen molar-refractivity contribution in [1.82, 2.24) is 4.90 Å². The van der Waals surface area contributed by atoms with E-state index in [1.165, 1.54) is 4.90 Å². The standard InChI is InChI=1S/C29H27NO4/c1-33-22-12-14-23(15-13-22)34-19-18-30-28(31)26-24(20-8-4-2-5-9-20)16-17-25(27(26)29(30)32)21-10-6-3-7-11-21/h2-17,24-27H,18-19H2,1H3/t24-,25-,26-,27+/m0/s1. The van der Waals surface area contributed by atoms with Crippen LogP contribution in [-0.2, 0) is 9.59 Å². The lowest BCUT2D eigenvalue weighted by Gasteiger charge is -2.32. The molecule has 3 aromatic carbocycles. The molecule has 172 valence electrons. The number of hydrogen-bond acceptors (Lipinski definition) is 4. The van der Waals surface area contributed by atoms with Gasteiger partial charge in [-0.2, -0.15) is 0 Å². The van der Waals surface area contributed by atoms with Gasteiger partial charge in [0.25, 0.3) is 0 Å². The van der Waals surface area contributed by atoms with Crippen LogP contribution in [0.5, 0.6) is 11.5 Å². The first-order valence-electron chi connectivity index (χ1n) is 11.6. The van der Waals surface area contributed by atoms with Crippen LogP contribution in [0, 0.1) is 11.8 Å². The second-order valence-electron chi connectivity index (χ2n) is 8.66. The quantitative estimate of drug-likeness (QED) is 0.381. The first kappa shape index (κ1) is 22.0. The molecular formula is C29H27NO4. The molecule has 5 heteroatoms. The van der Waals surface area contributed by atoms with Gasteiger partial charge >= 0.3 is 0 Å². The van der Waals surface area contributed by atoms with Crippen LogP contribution in [0.3, 0.4) is 0 Å². The lowest BCUT2D eigenvalue weighted by molar-refractivity contribution is -0.140. The lowest BCUT2D eigenvalue weighted by atomic mass is 9.68. The minimum Gasteiger partial charge on any atom is -0.497 e. The van der Waals surface area contributed by atoms with Gasteiger partial charge in [-0.25, -0.2) is 0 Å². The maximum atomic E-state index is 13.6. The monoisotopic (exact) mass is 453 g/mol. The number of imide groups is 1. The predicted octanol–water partition coefficient (Wildman–Crippen LogP) is 4.81. The second-order valence-corrected chi connectivity index (χ2v) is 8.66. The molecule has 0 radical (unpaired) electrons. The van der Waals surface area contributed by atoms with Gasteiger partial charge in [-0.05, 0) is 35.4 Å². The molecule has 4 atom stereocenters. The van der Waals surface area contributed by atoms with Crippen LogP contribution in [-0.4, -0.2) is 37.0 Å². The van der Waals surface area contributed by atoms with E-state index in [4.69, 9.17) is 9.47 Å². The summed E-state index contributed by atoms with van der Waals surface area (Å²) >= 11 is 0. The van der Waals surface area contributed by atoms with Crippen LogP contribution in [0.2, 0.25) is 0 Å². The Morgan fingerprint density at radius 2 is 1.15 bits per heavy atom. The number of amides is 2. The van der Waals surface area contributed by atoms with E-state index in [2.05, 4.69) is 12.2 Å². The van der Waals surface area contributed by atoms with Crippen molar-refractivity contribution in [1.29, 1.82) is 0 Å². The van der Waals surface area contributed by atoms with Crippen molar-refractivity contribution in [2.45, 2.75) is 11.8 Å². The zero-order valence-electron chi connectivity index (χ0n) is 19.0. The highest BCUT2D eigenvalue weighted by atomic mass is 16.5. The number of carbonyl (C=O) groups is 2. The molecule has 34 heavy (non-hydrogen) atoms. The predicted molar refractivity (Wildman–Crippen MR) is 130 cm³/mol. The smallest absolute Gasteiger partial charge is 0.234 e. The van der Waals surface area contributed by atoms with E-state index < -0.39 is 11.8 Å². The van der Waals surface area contributed by atoms with Crippen LogP contribution in [0.1, 0.15) is 23.0 Å². The fourth-order valence-electron chi connectivity index (χ4n) is 5.14. The summed E-state index contributed by atoms with van der Waals surface area (Å²) in [4.78, 5) is 28.7. The minimum absolute atomic E-state index is 0.118. The number of hydrogen-bond donors (Lipinski definition) is 0. The van der Waals surface area contributed by atoms with Gasteiger partial charge in [0.2, 0.25) is 11.8 Å². The Balaban J connectivity index is 1.39. The molecule has 0 saturated carbocycles. The third kappa shape index (κ3) is 4.10. The largest absolute Gasteiger partial charge is 0.497 e. The summed E-state index contributed by atoms with van der Waals surface area (Å²) in [6, 6.07) is 27.2. The molecule has 0 bridgehead atoms. The van der Waals surface area contributed by atoms with Gasteiger partial charge < -0.3 is 9.47 Å². The molecule has 5 rings (SSSR count). The Labute approximate surface area is 199 Å². The molecule has 2 aliphatic rings. The zero-order valence-corrected chi connectivity index (χ0v) is 19.0. The summed E-state index contributed by atoms with van der Waals surface area (Å²) in [6.07, 6.45) is 4.22. The number of ether oxygens (including phenoxy) is 2. The summed E-state index contributed by atoms with van der Waals surface area (Å²) in [5.41, 5.74) is 2.11. The summed E-state index contributed by atoms with van der Waals surface area (Å²) in [7, 11) is 1.61. The molecule has 2 amide bonds. The van der Waals surface area contributed by atoms with E-state index in [1.54, 1.807) is 7.11 Å². The highest BCUT2D eigenvalue weighted by Gasteiger charge is 2.54. The Bertz CT molecular complexity index is 1110. The van der Waals surface area contributed by atoms with Crippen molar-refractivity contribution < 1.29 is 19.1 Å².